The molecule has 0 unspecified atom stereocenters. The van der Waals surface area contributed by atoms with Crippen molar-refractivity contribution in [3.8, 4) is 0 Å². The Kier molecular flexibility index (Phi) is 5.83. The molecule has 0 saturated carbocycles. The topological polar surface area (TPSA) is 58.6 Å². The first kappa shape index (κ1) is 17.6. The van der Waals surface area contributed by atoms with Gasteiger partial charge in [-0.25, -0.2) is 4.79 Å². The summed E-state index contributed by atoms with van der Waals surface area (Å²) in [6.45, 7) is 1.84. The third-order valence-electron chi connectivity index (χ3n) is 4.45. The number of nitrogens with one attached hydrogen (secondary N) is 1. The van der Waals surface area contributed by atoms with Gasteiger partial charge in [-0.15, -0.1) is 11.3 Å². The van der Waals surface area contributed by atoms with Crippen LogP contribution in [-0.2, 0) is 16.1 Å². The standard InChI is InChI=1S/C19H22N2O3S/c1-24-19(23)15-8-6-14(7-9-15)12-20-18(22)13-21-10-2-4-16(21)17-5-3-11-25-17/h3,5-9,11,16H,2,4,10,12-13H2,1H3,(H,20,22)/t16-/m1/s1. The normalized spacial score (nSPS) is 17.4. The van der Waals surface area contributed by atoms with Crippen molar-refractivity contribution in [2.45, 2.75) is 25.4 Å². The number of rotatable bonds is 6. The number of carbonyl (C=O) groups is 2. The first-order chi connectivity index (χ1) is 12.2. The minimum Gasteiger partial charge on any atom is -0.465 e. The van der Waals surface area contributed by atoms with E-state index < -0.39 is 0 Å². The van der Waals surface area contributed by atoms with Crippen LogP contribution in [0.5, 0.6) is 0 Å². The number of benzene rings is 1. The third-order valence-corrected chi connectivity index (χ3v) is 5.42. The molecule has 1 saturated heterocycles. The van der Waals surface area contributed by atoms with Gasteiger partial charge in [-0.05, 0) is 48.5 Å². The van der Waals surface area contributed by atoms with Crippen molar-refractivity contribution in [3.63, 3.8) is 0 Å². The van der Waals surface area contributed by atoms with Crippen LogP contribution in [0.3, 0.4) is 0 Å². The highest BCUT2D eigenvalue weighted by atomic mass is 32.1. The molecule has 1 aromatic heterocycles. The quantitative estimate of drug-likeness (QED) is 0.807. The molecule has 2 heterocycles. The molecule has 6 heteroatoms. The fraction of sp³-hybridized carbons (Fsp3) is 0.368. The third kappa shape index (κ3) is 4.46. The second kappa shape index (κ2) is 8.27. The van der Waals surface area contributed by atoms with E-state index in [0.717, 1.165) is 24.9 Å². The lowest BCUT2D eigenvalue weighted by molar-refractivity contribution is -0.122. The van der Waals surface area contributed by atoms with Gasteiger partial charge in [0, 0.05) is 17.5 Å². The monoisotopic (exact) mass is 358 g/mol. The first-order valence-corrected chi connectivity index (χ1v) is 9.27. The van der Waals surface area contributed by atoms with Crippen molar-refractivity contribution in [2.75, 3.05) is 20.2 Å². The summed E-state index contributed by atoms with van der Waals surface area (Å²) in [7, 11) is 1.36. The van der Waals surface area contributed by atoms with Gasteiger partial charge in [-0.3, -0.25) is 9.69 Å². The van der Waals surface area contributed by atoms with Gasteiger partial charge in [-0.1, -0.05) is 18.2 Å². The van der Waals surface area contributed by atoms with E-state index in [1.165, 1.54) is 12.0 Å². The molecule has 3 rings (SSSR count). The number of amides is 1. The average molecular weight is 358 g/mol. The largest absolute Gasteiger partial charge is 0.465 e. The minimum absolute atomic E-state index is 0.0282. The molecule has 0 radical (unpaired) electrons. The van der Waals surface area contributed by atoms with Crippen LogP contribution in [0.4, 0.5) is 0 Å². The molecule has 2 aromatic rings. The fourth-order valence-corrected chi connectivity index (χ4v) is 4.03. The zero-order chi connectivity index (χ0) is 17.6. The number of hydrogen-bond donors (Lipinski definition) is 1. The summed E-state index contributed by atoms with van der Waals surface area (Å²) < 4.78 is 4.68. The summed E-state index contributed by atoms with van der Waals surface area (Å²) in [5, 5.41) is 5.05. The number of ether oxygens (including phenoxy) is 1. The van der Waals surface area contributed by atoms with Gasteiger partial charge >= 0.3 is 5.97 Å². The molecule has 1 atom stereocenters. The molecular formula is C19H22N2O3S. The maximum Gasteiger partial charge on any atom is 0.337 e. The highest BCUT2D eigenvalue weighted by Gasteiger charge is 2.27. The lowest BCUT2D eigenvalue weighted by Crippen LogP contribution is -2.36. The zero-order valence-corrected chi connectivity index (χ0v) is 15.1. The van der Waals surface area contributed by atoms with Gasteiger partial charge in [0.2, 0.25) is 5.91 Å². The van der Waals surface area contributed by atoms with Crippen molar-refractivity contribution < 1.29 is 14.3 Å². The molecule has 1 N–H and O–H groups in total. The smallest absolute Gasteiger partial charge is 0.337 e. The maximum absolute atomic E-state index is 12.3. The zero-order valence-electron chi connectivity index (χ0n) is 14.2. The number of carbonyl (C=O) groups excluding carboxylic acids is 2. The van der Waals surface area contributed by atoms with Crippen LogP contribution in [0.2, 0.25) is 0 Å². The molecule has 1 aromatic carbocycles. The first-order valence-electron chi connectivity index (χ1n) is 8.39. The molecule has 1 fully saturated rings. The highest BCUT2D eigenvalue weighted by molar-refractivity contribution is 7.10. The van der Waals surface area contributed by atoms with Crippen LogP contribution < -0.4 is 5.32 Å². The minimum atomic E-state index is -0.357. The van der Waals surface area contributed by atoms with Crippen molar-refractivity contribution in [2.24, 2.45) is 0 Å². The van der Waals surface area contributed by atoms with Crippen molar-refractivity contribution in [3.05, 3.63) is 57.8 Å². The van der Waals surface area contributed by atoms with Gasteiger partial charge in [0.15, 0.2) is 0 Å². The Hall–Kier alpha value is -2.18. The summed E-state index contributed by atoms with van der Waals surface area (Å²) >= 11 is 1.76. The number of esters is 1. The molecule has 1 aliphatic heterocycles. The number of likely N-dealkylation sites (tertiary alicyclic amines) is 1. The SMILES string of the molecule is COC(=O)c1ccc(CNC(=O)CN2CCC[C@@H]2c2cccs2)cc1. The van der Waals surface area contributed by atoms with Crippen LogP contribution in [-0.4, -0.2) is 37.0 Å². The molecule has 0 aliphatic carbocycles. The number of methoxy groups -OCH3 is 1. The lowest BCUT2D eigenvalue weighted by atomic mass is 10.1. The molecule has 0 spiro atoms. The van der Waals surface area contributed by atoms with E-state index in [2.05, 4.69) is 32.5 Å². The fourth-order valence-electron chi connectivity index (χ4n) is 3.14. The summed E-state index contributed by atoms with van der Waals surface area (Å²) in [4.78, 5) is 27.3. The predicted molar refractivity (Wildman–Crippen MR) is 97.5 cm³/mol. The van der Waals surface area contributed by atoms with E-state index in [4.69, 9.17) is 0 Å². The molecule has 0 bridgehead atoms. The van der Waals surface area contributed by atoms with Gasteiger partial charge < -0.3 is 10.1 Å². The Balaban J connectivity index is 1.50. The van der Waals surface area contributed by atoms with Crippen LogP contribution in [0.1, 0.15) is 39.7 Å². The summed E-state index contributed by atoms with van der Waals surface area (Å²) in [5.41, 5.74) is 1.46. The van der Waals surface area contributed by atoms with Gasteiger partial charge in [-0.2, -0.15) is 0 Å². The number of nitrogens with zero attached hydrogens (tertiary/aromatic N) is 1. The Morgan fingerprint density at radius 1 is 1.28 bits per heavy atom. The second-order valence-electron chi connectivity index (χ2n) is 6.11. The van der Waals surface area contributed by atoms with E-state index >= 15 is 0 Å². The molecule has 1 amide bonds. The summed E-state index contributed by atoms with van der Waals surface area (Å²) in [6, 6.07) is 11.7. The summed E-state index contributed by atoms with van der Waals surface area (Å²) in [6.07, 6.45) is 2.24. The molecule has 132 valence electrons. The highest BCUT2D eigenvalue weighted by Crippen LogP contribution is 2.33. The van der Waals surface area contributed by atoms with Gasteiger partial charge in [0.05, 0.1) is 19.2 Å². The van der Waals surface area contributed by atoms with E-state index in [-0.39, 0.29) is 11.9 Å². The van der Waals surface area contributed by atoms with E-state index in [0.29, 0.717) is 24.7 Å². The van der Waals surface area contributed by atoms with Crippen molar-refractivity contribution in [1.82, 2.24) is 10.2 Å². The lowest BCUT2D eigenvalue weighted by Gasteiger charge is -2.22. The molecular weight excluding hydrogens is 336 g/mol. The Morgan fingerprint density at radius 3 is 2.76 bits per heavy atom. The number of thiophene rings is 1. The average Bonchev–Trinajstić information content (AvgIpc) is 3.31. The van der Waals surface area contributed by atoms with Gasteiger partial charge in [0.25, 0.3) is 0 Å². The molecule has 5 nitrogen and oxygen atoms in total. The van der Waals surface area contributed by atoms with E-state index in [1.807, 2.05) is 12.1 Å². The number of hydrogen-bond acceptors (Lipinski definition) is 5. The van der Waals surface area contributed by atoms with E-state index in [9.17, 15) is 9.59 Å². The van der Waals surface area contributed by atoms with Crippen LogP contribution >= 0.6 is 11.3 Å². The van der Waals surface area contributed by atoms with E-state index in [1.54, 1.807) is 23.5 Å². The van der Waals surface area contributed by atoms with Crippen LogP contribution in [0.25, 0.3) is 0 Å². The Labute approximate surface area is 151 Å². The van der Waals surface area contributed by atoms with Crippen LogP contribution in [0.15, 0.2) is 41.8 Å². The summed E-state index contributed by atoms with van der Waals surface area (Å²) in [5.74, 6) is -0.329. The van der Waals surface area contributed by atoms with Gasteiger partial charge in [0.1, 0.15) is 0 Å². The van der Waals surface area contributed by atoms with Crippen molar-refractivity contribution >= 4 is 23.2 Å². The Morgan fingerprint density at radius 2 is 2.08 bits per heavy atom. The van der Waals surface area contributed by atoms with Crippen molar-refractivity contribution in [1.29, 1.82) is 0 Å². The second-order valence-corrected chi connectivity index (χ2v) is 7.09. The maximum atomic E-state index is 12.3. The molecule has 1 aliphatic rings. The van der Waals surface area contributed by atoms with Crippen LogP contribution in [0, 0.1) is 0 Å². The Bertz CT molecular complexity index is 713. The molecule has 25 heavy (non-hydrogen) atoms. The predicted octanol–water partition coefficient (Wildman–Crippen LogP) is 2.99.